The molecule has 0 radical (unpaired) electrons. The first-order valence-corrected chi connectivity index (χ1v) is 12.1. The second kappa shape index (κ2) is 8.06. The zero-order valence-electron chi connectivity index (χ0n) is 16.2. The van der Waals surface area contributed by atoms with Gasteiger partial charge in [-0.1, -0.05) is 29.8 Å². The van der Waals surface area contributed by atoms with Gasteiger partial charge in [-0.25, -0.2) is 8.42 Å². The summed E-state index contributed by atoms with van der Waals surface area (Å²) in [4.78, 5) is 3.39. The van der Waals surface area contributed by atoms with E-state index in [0.717, 1.165) is 32.7 Å². The highest BCUT2D eigenvalue weighted by Gasteiger charge is 2.33. The molecule has 4 rings (SSSR count). The van der Waals surface area contributed by atoms with E-state index in [1.807, 2.05) is 0 Å². The van der Waals surface area contributed by atoms with Crippen molar-refractivity contribution in [3.8, 4) is 0 Å². The third kappa shape index (κ3) is 4.71. The van der Waals surface area contributed by atoms with Crippen molar-refractivity contribution >= 4 is 22.1 Å². The molecule has 2 fully saturated rings. The summed E-state index contributed by atoms with van der Waals surface area (Å²) in [5.41, 5.74) is 2.71. The third-order valence-electron chi connectivity index (χ3n) is 5.78. The van der Waals surface area contributed by atoms with E-state index in [4.69, 9.17) is 16.6 Å². The molecule has 2 N–H and O–H groups in total. The lowest BCUT2D eigenvalue weighted by Crippen LogP contribution is -3.27. The van der Waals surface area contributed by atoms with Crippen molar-refractivity contribution < 1.29 is 22.6 Å². The molecular formula is C19H28N4O3S2+2. The van der Waals surface area contributed by atoms with E-state index >= 15 is 0 Å². The first-order valence-electron chi connectivity index (χ1n) is 9.89. The van der Waals surface area contributed by atoms with Gasteiger partial charge >= 0.3 is 0 Å². The Kier molecular flexibility index (Phi) is 5.69. The Hall–Kier alpha value is -1.55. The average molecular weight is 425 g/mol. The van der Waals surface area contributed by atoms with Crippen LogP contribution in [0.5, 0.6) is 0 Å². The van der Waals surface area contributed by atoms with Gasteiger partial charge in [0.05, 0.1) is 17.4 Å². The van der Waals surface area contributed by atoms with Crippen molar-refractivity contribution in [2.45, 2.75) is 32.5 Å². The monoisotopic (exact) mass is 424 g/mol. The highest BCUT2D eigenvalue weighted by atomic mass is 32.2. The van der Waals surface area contributed by atoms with Crippen LogP contribution in [-0.4, -0.2) is 55.9 Å². The van der Waals surface area contributed by atoms with Crippen LogP contribution in [-0.2, 0) is 23.1 Å². The molecule has 9 heteroatoms. The summed E-state index contributed by atoms with van der Waals surface area (Å²) in [6, 6.07) is 8.74. The first kappa shape index (κ1) is 19.8. The predicted molar refractivity (Wildman–Crippen MR) is 108 cm³/mol. The number of piperazine rings is 1. The van der Waals surface area contributed by atoms with Crippen LogP contribution >= 0.6 is 12.2 Å². The molecule has 0 unspecified atom stereocenters. The number of benzene rings is 1. The summed E-state index contributed by atoms with van der Waals surface area (Å²) in [6.07, 6.45) is 0.575. The molecule has 1 aromatic carbocycles. The first-order chi connectivity index (χ1) is 13.4. The summed E-state index contributed by atoms with van der Waals surface area (Å²) >= 11 is 5.32. The van der Waals surface area contributed by atoms with Crippen molar-refractivity contribution in [2.24, 2.45) is 0 Å². The maximum absolute atomic E-state index is 11.7. The quantitative estimate of drug-likeness (QED) is 0.625. The number of aryl methyl sites for hydroxylation is 1. The Labute approximate surface area is 170 Å². The lowest BCUT2D eigenvalue weighted by molar-refractivity contribution is -1.03. The van der Waals surface area contributed by atoms with Crippen molar-refractivity contribution in [3.05, 3.63) is 46.1 Å². The average Bonchev–Trinajstić information content (AvgIpc) is 3.19. The summed E-state index contributed by atoms with van der Waals surface area (Å²) < 4.78 is 30.8. The fraction of sp³-hybridized carbons (Fsp3) is 0.579. The van der Waals surface area contributed by atoms with E-state index < -0.39 is 9.84 Å². The van der Waals surface area contributed by atoms with E-state index in [0.29, 0.717) is 23.8 Å². The molecule has 2 saturated heterocycles. The summed E-state index contributed by atoms with van der Waals surface area (Å²) in [5, 5.41) is 4.50. The molecule has 2 aromatic rings. The number of hydrogen-bond acceptors (Lipinski definition) is 5. The number of sulfone groups is 1. The van der Waals surface area contributed by atoms with Gasteiger partial charge < -0.3 is 14.2 Å². The van der Waals surface area contributed by atoms with E-state index in [2.05, 4.69) is 36.3 Å². The molecule has 7 nitrogen and oxygen atoms in total. The van der Waals surface area contributed by atoms with Crippen LogP contribution in [0.3, 0.4) is 0 Å². The van der Waals surface area contributed by atoms with Crippen molar-refractivity contribution in [2.75, 3.05) is 37.7 Å². The number of hydrogen-bond donors (Lipinski definition) is 2. The number of nitrogens with one attached hydrogen (secondary N) is 2. The summed E-state index contributed by atoms with van der Waals surface area (Å²) in [7, 11) is -2.96. The molecule has 152 valence electrons. The van der Waals surface area contributed by atoms with Crippen molar-refractivity contribution in [1.82, 2.24) is 9.78 Å². The Morgan fingerprint density at radius 1 is 1.25 bits per heavy atom. The third-order valence-corrected chi connectivity index (χ3v) is 7.84. The topological polar surface area (TPSA) is 74.0 Å². The van der Waals surface area contributed by atoms with E-state index in [-0.39, 0.29) is 17.4 Å². The van der Waals surface area contributed by atoms with Gasteiger partial charge in [-0.05, 0) is 25.6 Å². The zero-order chi connectivity index (χ0) is 19.7. The summed E-state index contributed by atoms with van der Waals surface area (Å²) in [5.74, 6) is 0.660. The van der Waals surface area contributed by atoms with Crippen molar-refractivity contribution in [1.29, 1.82) is 0 Å². The molecule has 0 saturated carbocycles. The molecule has 0 amide bonds. The van der Waals surface area contributed by atoms with Crippen molar-refractivity contribution in [3.63, 3.8) is 0 Å². The zero-order valence-corrected chi connectivity index (χ0v) is 17.8. The molecule has 0 spiro atoms. The van der Waals surface area contributed by atoms with Gasteiger partial charge in [0.25, 0.3) is 4.84 Å². The predicted octanol–water partition coefficient (Wildman–Crippen LogP) is -0.643. The van der Waals surface area contributed by atoms with Crippen LogP contribution in [0.4, 0.5) is 0 Å². The molecule has 0 aliphatic carbocycles. The van der Waals surface area contributed by atoms with Gasteiger partial charge in [-0.2, -0.15) is 4.68 Å². The smallest absolute Gasteiger partial charge is 0.291 e. The van der Waals surface area contributed by atoms with Crippen LogP contribution < -0.4 is 9.80 Å². The maximum Gasteiger partial charge on any atom is 0.291 e. The highest BCUT2D eigenvalue weighted by Crippen LogP contribution is 2.27. The lowest BCUT2D eigenvalue weighted by Gasteiger charge is -2.29. The SMILES string of the molecule is Cc1cccc(C[NH+]2CC[NH+](Cn3nc([C@H]4CCS(=O)(=O)C4)oc3=S)CC2)c1. The van der Waals surface area contributed by atoms with E-state index in [1.54, 1.807) is 9.58 Å². The number of aromatic nitrogens is 2. The second-order valence-corrected chi connectivity index (χ2v) is 10.7. The van der Waals surface area contributed by atoms with Gasteiger partial charge in [0.2, 0.25) is 5.89 Å². The molecule has 0 bridgehead atoms. The minimum absolute atomic E-state index is 0.121. The van der Waals surface area contributed by atoms with Crippen LogP contribution in [0.15, 0.2) is 28.7 Å². The molecule has 1 aromatic heterocycles. The number of quaternary nitrogens is 2. The molecule has 1 atom stereocenters. The van der Waals surface area contributed by atoms with Gasteiger partial charge in [0.1, 0.15) is 32.7 Å². The molecule has 2 aliphatic heterocycles. The second-order valence-electron chi connectivity index (χ2n) is 8.13. The normalized spacial score (nSPS) is 27.1. The fourth-order valence-electron chi connectivity index (χ4n) is 4.19. The minimum Gasteiger partial charge on any atom is -0.413 e. The summed E-state index contributed by atoms with van der Waals surface area (Å²) in [6.45, 7) is 8.23. The Balaban J connectivity index is 1.32. The number of nitrogens with zero attached hydrogens (tertiary/aromatic N) is 2. The van der Waals surface area contributed by atoms with Crippen LogP contribution in [0.25, 0.3) is 0 Å². The standard InChI is InChI=1S/C19H26N4O3S2/c1-15-3-2-4-16(11-15)12-21-6-8-22(9-7-21)14-23-19(27)26-18(20-23)17-5-10-28(24,25)13-17/h2-4,11,17H,5-10,12-14H2,1H3/p+2/t17-/m0/s1. The van der Waals surface area contributed by atoms with Crippen LogP contribution in [0.1, 0.15) is 29.4 Å². The number of rotatable bonds is 5. The molecular weight excluding hydrogens is 396 g/mol. The van der Waals surface area contributed by atoms with Gasteiger partial charge in [0, 0.05) is 5.56 Å². The fourth-order valence-corrected chi connectivity index (χ4v) is 6.11. The molecule has 2 aliphatic rings. The van der Waals surface area contributed by atoms with Crippen LogP contribution in [0, 0.1) is 11.8 Å². The van der Waals surface area contributed by atoms with Gasteiger partial charge in [-0.15, -0.1) is 5.10 Å². The Morgan fingerprint density at radius 3 is 2.68 bits per heavy atom. The largest absolute Gasteiger partial charge is 0.413 e. The minimum atomic E-state index is -2.96. The Bertz CT molecular complexity index is 991. The van der Waals surface area contributed by atoms with Gasteiger partial charge in [0.15, 0.2) is 16.5 Å². The van der Waals surface area contributed by atoms with E-state index in [9.17, 15) is 8.42 Å². The van der Waals surface area contributed by atoms with Crippen LogP contribution in [0.2, 0.25) is 0 Å². The van der Waals surface area contributed by atoms with Gasteiger partial charge in [-0.3, -0.25) is 0 Å². The molecule has 3 heterocycles. The molecule has 28 heavy (non-hydrogen) atoms. The maximum atomic E-state index is 11.7. The van der Waals surface area contributed by atoms with E-state index in [1.165, 1.54) is 16.0 Å². The lowest BCUT2D eigenvalue weighted by atomic mass is 10.1. The Morgan fingerprint density at radius 2 is 2.00 bits per heavy atom. The highest BCUT2D eigenvalue weighted by molar-refractivity contribution is 7.91.